The van der Waals surface area contributed by atoms with E-state index in [0.717, 1.165) is 21.9 Å². The molecule has 1 unspecified atom stereocenters. The second-order valence-electron chi connectivity index (χ2n) is 5.94. The fraction of sp³-hybridized carbons (Fsp3) is 0.190. The molecule has 0 aliphatic carbocycles. The first-order valence-electron chi connectivity index (χ1n) is 8.26. The molecule has 0 aliphatic rings. The van der Waals surface area contributed by atoms with Crippen LogP contribution in [0.2, 0.25) is 0 Å². The fourth-order valence-electron chi connectivity index (χ4n) is 2.77. The minimum Gasteiger partial charge on any atom is -0.484 e. The van der Waals surface area contributed by atoms with E-state index in [9.17, 15) is 9.90 Å². The van der Waals surface area contributed by atoms with Crippen LogP contribution in [0.5, 0.6) is 5.75 Å². The molecular weight excluding hydrogens is 314 g/mol. The highest BCUT2D eigenvalue weighted by molar-refractivity contribution is 5.86. The van der Waals surface area contributed by atoms with Crippen molar-refractivity contribution in [1.29, 1.82) is 0 Å². The number of rotatable bonds is 6. The summed E-state index contributed by atoms with van der Waals surface area (Å²) in [7, 11) is 0. The largest absolute Gasteiger partial charge is 0.484 e. The van der Waals surface area contributed by atoms with E-state index < -0.39 is 6.10 Å². The molecule has 0 fully saturated rings. The van der Waals surface area contributed by atoms with E-state index in [0.29, 0.717) is 5.75 Å². The van der Waals surface area contributed by atoms with Crippen molar-refractivity contribution in [3.8, 4) is 5.75 Å². The van der Waals surface area contributed by atoms with Gasteiger partial charge in [-0.2, -0.15) is 0 Å². The Morgan fingerprint density at radius 3 is 2.60 bits per heavy atom. The van der Waals surface area contributed by atoms with Crippen LogP contribution in [0.25, 0.3) is 10.8 Å². The SMILES string of the molecule is Cc1ccccc1OCC(=O)NCC(O)c1cccc2ccccc12. The average molecular weight is 335 g/mol. The minimum atomic E-state index is -0.770. The molecule has 0 aliphatic heterocycles. The van der Waals surface area contributed by atoms with Gasteiger partial charge in [-0.1, -0.05) is 60.7 Å². The zero-order valence-corrected chi connectivity index (χ0v) is 14.1. The first kappa shape index (κ1) is 17.0. The Labute approximate surface area is 147 Å². The van der Waals surface area contributed by atoms with Gasteiger partial charge >= 0.3 is 0 Å². The van der Waals surface area contributed by atoms with E-state index in [1.807, 2.05) is 73.7 Å². The summed E-state index contributed by atoms with van der Waals surface area (Å²) in [6.45, 7) is 1.99. The third kappa shape index (κ3) is 4.17. The Balaban J connectivity index is 1.57. The number of ether oxygens (including phenoxy) is 1. The Hall–Kier alpha value is -2.85. The molecule has 0 heterocycles. The molecule has 3 rings (SSSR count). The third-order valence-electron chi connectivity index (χ3n) is 4.13. The van der Waals surface area contributed by atoms with Crippen LogP contribution < -0.4 is 10.1 Å². The molecular formula is C21H21NO3. The number of carbonyl (C=O) groups is 1. The van der Waals surface area contributed by atoms with Gasteiger partial charge in [-0.15, -0.1) is 0 Å². The lowest BCUT2D eigenvalue weighted by Crippen LogP contribution is -2.32. The van der Waals surface area contributed by atoms with Crippen LogP contribution in [0.1, 0.15) is 17.2 Å². The number of hydrogen-bond acceptors (Lipinski definition) is 3. The van der Waals surface area contributed by atoms with Gasteiger partial charge in [-0.25, -0.2) is 0 Å². The lowest BCUT2D eigenvalue weighted by molar-refractivity contribution is -0.123. The summed E-state index contributed by atoms with van der Waals surface area (Å²) >= 11 is 0. The number of aryl methyl sites for hydroxylation is 1. The molecule has 3 aromatic carbocycles. The molecule has 0 saturated heterocycles. The van der Waals surface area contributed by atoms with Crippen LogP contribution in [0, 0.1) is 6.92 Å². The van der Waals surface area contributed by atoms with Crippen molar-refractivity contribution in [3.05, 3.63) is 77.9 Å². The van der Waals surface area contributed by atoms with Crippen molar-refractivity contribution in [1.82, 2.24) is 5.32 Å². The van der Waals surface area contributed by atoms with Crippen molar-refractivity contribution < 1.29 is 14.6 Å². The van der Waals surface area contributed by atoms with Crippen LogP contribution in [0.3, 0.4) is 0 Å². The predicted octanol–water partition coefficient (Wildman–Crippen LogP) is 3.38. The van der Waals surface area contributed by atoms with Crippen LogP contribution >= 0.6 is 0 Å². The molecule has 0 radical (unpaired) electrons. The molecule has 0 bridgehead atoms. The minimum absolute atomic E-state index is 0.0763. The van der Waals surface area contributed by atoms with Gasteiger partial charge in [0.2, 0.25) is 0 Å². The maximum Gasteiger partial charge on any atom is 0.258 e. The summed E-state index contributed by atoms with van der Waals surface area (Å²) in [6, 6.07) is 21.2. The summed E-state index contributed by atoms with van der Waals surface area (Å²) in [4.78, 5) is 12.0. The molecule has 1 atom stereocenters. The van der Waals surface area contributed by atoms with Crippen molar-refractivity contribution >= 4 is 16.7 Å². The van der Waals surface area contributed by atoms with Gasteiger partial charge in [0, 0.05) is 6.54 Å². The molecule has 25 heavy (non-hydrogen) atoms. The lowest BCUT2D eigenvalue weighted by Gasteiger charge is -2.15. The van der Waals surface area contributed by atoms with Gasteiger partial charge in [0.05, 0.1) is 6.10 Å². The Morgan fingerprint density at radius 1 is 1.04 bits per heavy atom. The summed E-state index contributed by atoms with van der Waals surface area (Å²) in [5, 5.41) is 15.2. The van der Waals surface area contributed by atoms with E-state index in [4.69, 9.17) is 4.74 Å². The Bertz CT molecular complexity index is 870. The summed E-state index contributed by atoms with van der Waals surface area (Å²) in [5.74, 6) is 0.426. The highest BCUT2D eigenvalue weighted by Crippen LogP contribution is 2.23. The summed E-state index contributed by atoms with van der Waals surface area (Å²) in [5.41, 5.74) is 1.78. The number of hydrogen-bond donors (Lipinski definition) is 2. The van der Waals surface area contributed by atoms with Gasteiger partial charge in [-0.05, 0) is 34.9 Å². The fourth-order valence-corrected chi connectivity index (χ4v) is 2.77. The number of benzene rings is 3. The molecule has 4 nitrogen and oxygen atoms in total. The van der Waals surface area contributed by atoms with Crippen molar-refractivity contribution in [2.45, 2.75) is 13.0 Å². The van der Waals surface area contributed by atoms with Gasteiger partial charge in [0.15, 0.2) is 6.61 Å². The molecule has 1 amide bonds. The quantitative estimate of drug-likeness (QED) is 0.726. The van der Waals surface area contributed by atoms with Crippen LogP contribution in [-0.2, 0) is 4.79 Å². The number of nitrogens with one attached hydrogen (secondary N) is 1. The maximum absolute atomic E-state index is 12.0. The average Bonchev–Trinajstić information content (AvgIpc) is 2.65. The molecule has 0 spiro atoms. The van der Waals surface area contributed by atoms with Gasteiger partial charge in [0.25, 0.3) is 5.91 Å². The zero-order valence-electron chi connectivity index (χ0n) is 14.1. The maximum atomic E-state index is 12.0. The van der Waals surface area contributed by atoms with Gasteiger partial charge in [-0.3, -0.25) is 4.79 Å². The molecule has 128 valence electrons. The zero-order chi connectivity index (χ0) is 17.6. The lowest BCUT2D eigenvalue weighted by atomic mass is 10.0. The van der Waals surface area contributed by atoms with Gasteiger partial charge in [0.1, 0.15) is 5.75 Å². The predicted molar refractivity (Wildman–Crippen MR) is 98.6 cm³/mol. The molecule has 2 N–H and O–H groups in total. The molecule has 0 aromatic heterocycles. The van der Waals surface area contributed by atoms with E-state index in [2.05, 4.69) is 5.32 Å². The van der Waals surface area contributed by atoms with E-state index >= 15 is 0 Å². The topological polar surface area (TPSA) is 58.6 Å². The second kappa shape index (κ2) is 7.81. The molecule has 4 heteroatoms. The van der Waals surface area contributed by atoms with Crippen LogP contribution in [0.4, 0.5) is 0 Å². The molecule has 3 aromatic rings. The second-order valence-corrected chi connectivity index (χ2v) is 5.94. The smallest absolute Gasteiger partial charge is 0.258 e. The number of fused-ring (bicyclic) bond motifs is 1. The summed E-state index contributed by atoms with van der Waals surface area (Å²) in [6.07, 6.45) is -0.770. The number of amides is 1. The number of aliphatic hydroxyl groups excluding tert-OH is 1. The van der Waals surface area contributed by atoms with Crippen molar-refractivity contribution in [2.24, 2.45) is 0 Å². The highest BCUT2D eigenvalue weighted by Gasteiger charge is 2.13. The van der Waals surface area contributed by atoms with E-state index in [-0.39, 0.29) is 19.1 Å². The van der Waals surface area contributed by atoms with E-state index in [1.165, 1.54) is 0 Å². The Morgan fingerprint density at radius 2 is 1.76 bits per heavy atom. The number of carbonyl (C=O) groups excluding carboxylic acids is 1. The first-order chi connectivity index (χ1) is 12.1. The number of aliphatic hydroxyl groups is 1. The van der Waals surface area contributed by atoms with Crippen LogP contribution in [-0.4, -0.2) is 24.2 Å². The summed E-state index contributed by atoms with van der Waals surface area (Å²) < 4.78 is 5.51. The van der Waals surface area contributed by atoms with Crippen LogP contribution in [0.15, 0.2) is 66.7 Å². The van der Waals surface area contributed by atoms with Gasteiger partial charge < -0.3 is 15.2 Å². The van der Waals surface area contributed by atoms with Crippen molar-refractivity contribution in [3.63, 3.8) is 0 Å². The highest BCUT2D eigenvalue weighted by atomic mass is 16.5. The van der Waals surface area contributed by atoms with E-state index in [1.54, 1.807) is 0 Å². The van der Waals surface area contributed by atoms with Crippen molar-refractivity contribution in [2.75, 3.05) is 13.2 Å². The Kier molecular flexibility index (Phi) is 5.31. The standard InChI is InChI=1S/C21H21NO3/c1-15-7-2-5-12-20(15)25-14-21(24)22-13-19(23)18-11-6-9-16-8-3-4-10-17(16)18/h2-12,19,23H,13-14H2,1H3,(H,22,24). The first-order valence-corrected chi connectivity index (χ1v) is 8.26. The number of para-hydroxylation sites is 1. The monoisotopic (exact) mass is 335 g/mol. The normalized spacial score (nSPS) is 11.9. The molecule has 0 saturated carbocycles. The third-order valence-corrected chi connectivity index (χ3v) is 4.13.